The van der Waals surface area contributed by atoms with Crippen molar-refractivity contribution < 1.29 is 38.6 Å². The first-order valence-corrected chi connectivity index (χ1v) is 17.3. The van der Waals surface area contributed by atoms with Crippen LogP contribution in [0.4, 0.5) is 0 Å². The van der Waals surface area contributed by atoms with E-state index in [9.17, 15) is 29.1 Å². The van der Waals surface area contributed by atoms with Crippen molar-refractivity contribution in [1.29, 1.82) is 0 Å². The normalized spacial score (nSPS) is 18.9. The van der Waals surface area contributed by atoms with Gasteiger partial charge in [-0.3, -0.25) is 19.2 Å². The number of carbonyl (C=O) groups excluding carboxylic acids is 4. The quantitative estimate of drug-likeness (QED) is 0.160. The zero-order valence-corrected chi connectivity index (χ0v) is 30.7. The molecule has 8 unspecified atom stereocenters. The minimum absolute atomic E-state index is 0.00363. The molecule has 0 radical (unpaired) electrons. The molecular weight excluding hydrogens is 630 g/mol. The Morgan fingerprint density at radius 1 is 1.02 bits per heavy atom. The summed E-state index contributed by atoms with van der Waals surface area (Å²) in [5, 5.41) is 18.2. The summed E-state index contributed by atoms with van der Waals surface area (Å²) in [5.41, 5.74) is 0.785. The third-order valence-electron chi connectivity index (χ3n) is 9.88. The third-order valence-corrected chi connectivity index (χ3v) is 9.88. The summed E-state index contributed by atoms with van der Waals surface area (Å²) < 4.78 is 11.7. The van der Waals surface area contributed by atoms with E-state index in [1.54, 1.807) is 30.8 Å². The molecule has 4 amide bonds. The molecule has 1 aromatic carbocycles. The van der Waals surface area contributed by atoms with E-state index in [0.717, 1.165) is 12.0 Å². The highest BCUT2D eigenvalue weighted by Crippen LogP contribution is 2.29. The number of hydrogen-bond donors (Lipinski definition) is 4. The van der Waals surface area contributed by atoms with Gasteiger partial charge in [0.15, 0.2) is 0 Å². The van der Waals surface area contributed by atoms with Crippen LogP contribution in [0.3, 0.4) is 0 Å². The topological polar surface area (TPSA) is 167 Å². The molecule has 13 nitrogen and oxygen atoms in total. The average molecular weight is 690 g/mol. The van der Waals surface area contributed by atoms with Gasteiger partial charge in [-0.1, -0.05) is 71.4 Å². The van der Waals surface area contributed by atoms with E-state index < -0.39 is 54.2 Å². The monoisotopic (exact) mass is 689 g/mol. The molecule has 0 spiro atoms. The van der Waals surface area contributed by atoms with Crippen LogP contribution in [0.15, 0.2) is 30.3 Å². The summed E-state index contributed by atoms with van der Waals surface area (Å²) in [6, 6.07) is 6.67. The number of hydrogen-bond acceptors (Lipinski definition) is 8. The smallest absolute Gasteiger partial charge is 0.326 e. The number of amides is 4. The van der Waals surface area contributed by atoms with Gasteiger partial charge in [0.25, 0.3) is 0 Å². The zero-order valence-electron chi connectivity index (χ0n) is 30.7. The van der Waals surface area contributed by atoms with Gasteiger partial charge in [0.1, 0.15) is 6.04 Å². The van der Waals surface area contributed by atoms with Crippen LogP contribution in [0.2, 0.25) is 0 Å². The van der Waals surface area contributed by atoms with Crippen LogP contribution >= 0.6 is 0 Å². The minimum atomic E-state index is -1.14. The maximum absolute atomic E-state index is 13.9. The molecule has 8 atom stereocenters. The Bertz CT molecular complexity index is 1230. The Labute approximate surface area is 291 Å². The number of carbonyl (C=O) groups is 5. The fourth-order valence-electron chi connectivity index (χ4n) is 6.84. The Balaban J connectivity index is 2.17. The Kier molecular flexibility index (Phi) is 17.2. The van der Waals surface area contributed by atoms with Gasteiger partial charge in [0, 0.05) is 34.2 Å². The lowest BCUT2D eigenvalue weighted by atomic mass is 9.90. The molecule has 13 heteroatoms. The SMILES string of the molecule is CCC(C)C(C(CC(=O)N1CCCC1C(OC)C(C)C(=O)NC(Cc1ccccc1)C(=O)O)OC)N(C)C(=O)CNC(=O)C(NC)C(C)C. The fourth-order valence-corrected chi connectivity index (χ4v) is 6.84. The van der Waals surface area contributed by atoms with Gasteiger partial charge in [-0.05, 0) is 37.3 Å². The lowest BCUT2D eigenvalue weighted by Crippen LogP contribution is -2.55. The van der Waals surface area contributed by atoms with E-state index in [-0.39, 0.29) is 48.9 Å². The number of carboxylic acid groups (broad SMARTS) is 1. The molecule has 2 rings (SSSR count). The molecule has 1 aliphatic heterocycles. The Morgan fingerprint density at radius 2 is 1.67 bits per heavy atom. The summed E-state index contributed by atoms with van der Waals surface area (Å²) in [4.78, 5) is 68.6. The second-order valence-electron chi connectivity index (χ2n) is 13.5. The number of ether oxygens (including phenoxy) is 2. The van der Waals surface area contributed by atoms with Gasteiger partial charge < -0.3 is 40.3 Å². The summed E-state index contributed by atoms with van der Waals surface area (Å²) >= 11 is 0. The van der Waals surface area contributed by atoms with Crippen LogP contribution in [0.25, 0.3) is 0 Å². The van der Waals surface area contributed by atoms with Gasteiger partial charge in [0.2, 0.25) is 23.6 Å². The standard InChI is InChI=1S/C36H59N5O8/c1-10-23(4)32(40(7)30(43)21-38-35(45)31(37-6)22(2)3)28(48-8)20-29(42)41-18-14-17-27(41)33(49-9)24(5)34(44)39-26(36(46)47)19-25-15-12-11-13-16-25/h11-13,15-16,22-24,26-28,31-33,37H,10,14,17-21H2,1-9H3,(H,38,45)(H,39,44)(H,46,47). The molecule has 1 heterocycles. The molecule has 1 fully saturated rings. The molecule has 0 bridgehead atoms. The lowest BCUT2D eigenvalue weighted by Gasteiger charge is -2.39. The minimum Gasteiger partial charge on any atom is -0.480 e. The van der Waals surface area contributed by atoms with Crippen LogP contribution in [0, 0.1) is 17.8 Å². The van der Waals surface area contributed by atoms with E-state index in [4.69, 9.17) is 9.47 Å². The van der Waals surface area contributed by atoms with Crippen molar-refractivity contribution in [2.75, 3.05) is 41.4 Å². The second kappa shape index (κ2) is 20.2. The number of methoxy groups -OCH3 is 2. The maximum atomic E-state index is 13.9. The molecule has 1 saturated heterocycles. The number of likely N-dealkylation sites (tertiary alicyclic amines) is 1. The molecule has 0 saturated carbocycles. The number of likely N-dealkylation sites (N-methyl/N-ethyl adjacent to an activating group) is 2. The molecular formula is C36H59N5O8. The molecule has 0 aliphatic carbocycles. The molecule has 4 N–H and O–H groups in total. The van der Waals surface area contributed by atoms with Crippen molar-refractivity contribution in [3.05, 3.63) is 35.9 Å². The highest BCUT2D eigenvalue weighted by atomic mass is 16.5. The van der Waals surface area contributed by atoms with Gasteiger partial charge >= 0.3 is 5.97 Å². The number of rotatable bonds is 20. The maximum Gasteiger partial charge on any atom is 0.326 e. The number of nitrogens with one attached hydrogen (secondary N) is 3. The average Bonchev–Trinajstić information content (AvgIpc) is 3.56. The van der Waals surface area contributed by atoms with Gasteiger partial charge in [-0.15, -0.1) is 0 Å². The van der Waals surface area contributed by atoms with Crippen molar-refractivity contribution in [1.82, 2.24) is 25.8 Å². The Hall–Kier alpha value is -3.55. The van der Waals surface area contributed by atoms with E-state index in [2.05, 4.69) is 16.0 Å². The van der Waals surface area contributed by atoms with Crippen LogP contribution in [0.5, 0.6) is 0 Å². The summed E-state index contributed by atoms with van der Waals surface area (Å²) in [6.07, 6.45) is 0.872. The number of aliphatic carboxylic acids is 1. The van der Waals surface area contributed by atoms with Crippen molar-refractivity contribution >= 4 is 29.6 Å². The molecule has 0 aromatic heterocycles. The van der Waals surface area contributed by atoms with Crippen molar-refractivity contribution in [3.63, 3.8) is 0 Å². The molecule has 49 heavy (non-hydrogen) atoms. The third kappa shape index (κ3) is 11.5. The largest absolute Gasteiger partial charge is 0.480 e. The van der Waals surface area contributed by atoms with E-state index in [1.165, 1.54) is 14.2 Å². The fraction of sp³-hybridized carbons (Fsp3) is 0.694. The first-order chi connectivity index (χ1) is 23.2. The molecule has 1 aliphatic rings. The highest BCUT2D eigenvalue weighted by molar-refractivity contribution is 5.88. The molecule has 276 valence electrons. The van der Waals surface area contributed by atoms with Gasteiger partial charge in [0.05, 0.1) is 49.2 Å². The van der Waals surface area contributed by atoms with E-state index in [1.807, 2.05) is 58.0 Å². The van der Waals surface area contributed by atoms with E-state index >= 15 is 0 Å². The van der Waals surface area contributed by atoms with E-state index in [0.29, 0.717) is 19.4 Å². The first kappa shape index (κ1) is 41.6. The second-order valence-corrected chi connectivity index (χ2v) is 13.5. The number of carboxylic acids is 1. The summed E-state index contributed by atoms with van der Waals surface area (Å²) in [7, 11) is 6.38. The van der Waals surface area contributed by atoms with Crippen LogP contribution in [0.1, 0.15) is 65.9 Å². The van der Waals surface area contributed by atoms with Crippen LogP contribution in [-0.2, 0) is 39.9 Å². The summed E-state index contributed by atoms with van der Waals surface area (Å²) in [5.74, 6) is -3.08. The highest BCUT2D eigenvalue weighted by Gasteiger charge is 2.42. The molecule has 1 aromatic rings. The van der Waals surface area contributed by atoms with Gasteiger partial charge in [-0.25, -0.2) is 4.79 Å². The Morgan fingerprint density at radius 3 is 2.20 bits per heavy atom. The number of benzene rings is 1. The zero-order chi connectivity index (χ0) is 36.8. The van der Waals surface area contributed by atoms with Crippen molar-refractivity contribution in [2.24, 2.45) is 17.8 Å². The number of nitrogens with zero attached hydrogens (tertiary/aromatic N) is 2. The van der Waals surface area contributed by atoms with Crippen molar-refractivity contribution in [3.8, 4) is 0 Å². The predicted octanol–water partition coefficient (Wildman–Crippen LogP) is 2.08. The lowest BCUT2D eigenvalue weighted by molar-refractivity contribution is -0.147. The van der Waals surface area contributed by atoms with Crippen molar-refractivity contribution in [2.45, 2.75) is 103 Å². The first-order valence-electron chi connectivity index (χ1n) is 17.3. The summed E-state index contributed by atoms with van der Waals surface area (Å²) in [6.45, 7) is 9.82. The van der Waals surface area contributed by atoms with Crippen LogP contribution < -0.4 is 16.0 Å². The van der Waals surface area contributed by atoms with Gasteiger partial charge in [-0.2, -0.15) is 0 Å². The van der Waals surface area contributed by atoms with Crippen LogP contribution in [-0.4, -0.2) is 122 Å². The predicted molar refractivity (Wildman–Crippen MR) is 187 cm³/mol.